The normalized spacial score (nSPS) is 14.1. The van der Waals surface area contributed by atoms with E-state index in [4.69, 9.17) is 5.73 Å². The van der Waals surface area contributed by atoms with Gasteiger partial charge in [0.05, 0.1) is 18.2 Å². The maximum atomic E-state index is 13.1. The second-order valence-corrected chi connectivity index (χ2v) is 10.8. The molecule has 1 atom stereocenters. The average Bonchev–Trinajstić information content (AvgIpc) is 3.39. The Bertz CT molecular complexity index is 1240. The Kier molecular flexibility index (Phi) is 15.5. The van der Waals surface area contributed by atoms with Crippen LogP contribution in [0.25, 0.3) is 0 Å². The van der Waals surface area contributed by atoms with Crippen molar-refractivity contribution in [2.75, 3.05) is 11.9 Å². The van der Waals surface area contributed by atoms with Crippen LogP contribution in [0.4, 0.5) is 23.4 Å². The molecule has 4 N–H and O–H groups in total. The number of aromatic nitrogens is 2. The molecule has 1 aliphatic carbocycles. The van der Waals surface area contributed by atoms with Gasteiger partial charge >= 0.3 is 0 Å². The van der Waals surface area contributed by atoms with Gasteiger partial charge in [-0.2, -0.15) is 0 Å². The number of hydrogen-bond acceptors (Lipinski definition) is 4. The maximum absolute atomic E-state index is 13.1. The van der Waals surface area contributed by atoms with Crippen LogP contribution in [0.15, 0.2) is 60.6 Å². The van der Waals surface area contributed by atoms with Crippen LogP contribution < -0.4 is 16.4 Å². The third kappa shape index (κ3) is 12.8. The molecule has 1 heterocycles. The minimum Gasteiger partial charge on any atom is -0.354 e. The molecule has 0 radical (unpaired) electrons. The number of halogens is 4. The highest BCUT2D eigenvalue weighted by Crippen LogP contribution is 2.24. The number of rotatable bonds is 9. The van der Waals surface area contributed by atoms with E-state index in [0.29, 0.717) is 18.6 Å². The average molecular weight is 594 g/mol. The lowest BCUT2D eigenvalue weighted by molar-refractivity contribution is -0.117. The summed E-state index contributed by atoms with van der Waals surface area (Å²) in [7, 11) is 0. The number of imidazole rings is 1. The molecule has 7 nitrogen and oxygen atoms in total. The fourth-order valence-electron chi connectivity index (χ4n) is 3.87. The fraction of sp³-hybridized carbons (Fsp3) is 0.452. The first-order valence-corrected chi connectivity index (χ1v) is 13.8. The van der Waals surface area contributed by atoms with E-state index in [9.17, 15) is 27.2 Å². The quantitative estimate of drug-likeness (QED) is 0.174. The Balaban J connectivity index is 0.000000321. The highest BCUT2D eigenvalue weighted by Gasteiger charge is 2.17. The summed E-state index contributed by atoms with van der Waals surface area (Å²) in [6.45, 7) is 12.7. The molecule has 1 unspecified atom stereocenters. The van der Waals surface area contributed by atoms with E-state index in [0.717, 1.165) is 62.3 Å². The molecule has 0 bridgehead atoms. The zero-order valence-electron chi connectivity index (χ0n) is 25.1. The van der Waals surface area contributed by atoms with Crippen molar-refractivity contribution < 1.29 is 27.2 Å². The van der Waals surface area contributed by atoms with Gasteiger partial charge in [-0.15, -0.1) is 0 Å². The van der Waals surface area contributed by atoms with Gasteiger partial charge in [0, 0.05) is 36.0 Å². The molecular formula is C31H43F4N5O2. The van der Waals surface area contributed by atoms with Crippen LogP contribution in [0.2, 0.25) is 0 Å². The minimum atomic E-state index is -0.732. The van der Waals surface area contributed by atoms with Crippen molar-refractivity contribution in [3.63, 3.8) is 0 Å². The van der Waals surface area contributed by atoms with Crippen molar-refractivity contribution in [1.82, 2.24) is 14.9 Å². The van der Waals surface area contributed by atoms with E-state index < -0.39 is 23.5 Å². The number of nitrogens with one attached hydrogen (secondary N) is 2. The molecule has 0 spiro atoms. The summed E-state index contributed by atoms with van der Waals surface area (Å²) >= 11 is 0. The lowest BCUT2D eigenvalue weighted by atomic mass is 9.91. The molecule has 0 aliphatic heterocycles. The first kappa shape index (κ1) is 36.3. The van der Waals surface area contributed by atoms with E-state index >= 15 is 0 Å². The predicted octanol–water partition coefficient (Wildman–Crippen LogP) is 6.56. The number of nitrogens with zero attached hydrogens (tertiary/aromatic N) is 2. The van der Waals surface area contributed by atoms with Crippen LogP contribution in [-0.2, 0) is 28.0 Å². The van der Waals surface area contributed by atoms with Gasteiger partial charge in [0.2, 0.25) is 12.3 Å². The van der Waals surface area contributed by atoms with E-state index in [1.807, 2.05) is 17.7 Å². The summed E-state index contributed by atoms with van der Waals surface area (Å²) in [5.74, 6) is -1.81. The van der Waals surface area contributed by atoms with Gasteiger partial charge in [0.1, 0.15) is 17.5 Å². The van der Waals surface area contributed by atoms with Crippen LogP contribution >= 0.6 is 0 Å². The maximum Gasteiger partial charge on any atom is 0.242 e. The van der Waals surface area contributed by atoms with Gasteiger partial charge in [-0.25, -0.2) is 22.5 Å². The predicted molar refractivity (Wildman–Crippen MR) is 159 cm³/mol. The van der Waals surface area contributed by atoms with Gasteiger partial charge in [-0.05, 0) is 77.0 Å². The number of aryl methyl sites for hydroxylation is 1. The number of anilines is 1. The van der Waals surface area contributed by atoms with Crippen LogP contribution in [0.3, 0.4) is 0 Å². The largest absolute Gasteiger partial charge is 0.354 e. The Hall–Kier alpha value is -3.73. The Morgan fingerprint density at radius 1 is 1.21 bits per heavy atom. The number of allylic oxidation sites excluding steroid dienone is 3. The van der Waals surface area contributed by atoms with Gasteiger partial charge in [-0.1, -0.05) is 26.0 Å². The summed E-state index contributed by atoms with van der Waals surface area (Å²) in [4.78, 5) is 25.7. The summed E-state index contributed by atoms with van der Waals surface area (Å²) in [6, 6.07) is 1.97. The highest BCUT2D eigenvalue weighted by atomic mass is 19.1. The number of carbonyl (C=O) groups is 2. The SMILES string of the molecule is C=C/C(CNC=O)=C(F)\C=C(/C)F.CCCC(N)C(=O)Nc1cn(C(C)(C)C)cn1.Fc1cc(F)c2c(c1)CCCC2. The number of carbonyl (C=O) groups excluding carboxylic acids is 2. The molecule has 3 rings (SSSR count). The van der Waals surface area contributed by atoms with E-state index in [1.165, 1.54) is 12.1 Å². The summed E-state index contributed by atoms with van der Waals surface area (Å²) < 4.78 is 53.0. The number of benzene rings is 1. The minimum absolute atomic E-state index is 0.00259. The zero-order valence-corrected chi connectivity index (χ0v) is 25.1. The topological polar surface area (TPSA) is 102 Å². The lowest BCUT2D eigenvalue weighted by Gasteiger charge is -2.19. The Labute approximate surface area is 246 Å². The molecule has 0 saturated heterocycles. The smallest absolute Gasteiger partial charge is 0.242 e. The number of hydrogen-bond donors (Lipinski definition) is 3. The highest BCUT2D eigenvalue weighted by molar-refractivity contribution is 5.93. The summed E-state index contributed by atoms with van der Waals surface area (Å²) in [6.07, 6.45) is 11.2. The third-order valence-electron chi connectivity index (χ3n) is 6.18. The van der Waals surface area contributed by atoms with Crippen molar-refractivity contribution in [1.29, 1.82) is 0 Å². The molecule has 0 fully saturated rings. The second kappa shape index (κ2) is 17.9. The lowest BCUT2D eigenvalue weighted by Crippen LogP contribution is -2.35. The van der Waals surface area contributed by atoms with Crippen molar-refractivity contribution in [3.8, 4) is 0 Å². The van der Waals surface area contributed by atoms with E-state index in [2.05, 4.69) is 43.0 Å². The molecule has 1 aromatic heterocycles. The Morgan fingerprint density at radius 2 is 1.88 bits per heavy atom. The van der Waals surface area contributed by atoms with Crippen molar-refractivity contribution in [2.45, 2.75) is 84.7 Å². The molecule has 11 heteroatoms. The first-order chi connectivity index (χ1) is 19.7. The number of nitrogens with two attached hydrogens (primary N) is 1. The number of fused-ring (bicyclic) bond motifs is 1. The second-order valence-electron chi connectivity index (χ2n) is 10.8. The van der Waals surface area contributed by atoms with Gasteiger partial charge in [0.15, 0.2) is 5.82 Å². The van der Waals surface area contributed by atoms with Crippen LogP contribution in [0, 0.1) is 11.6 Å². The van der Waals surface area contributed by atoms with Gasteiger partial charge < -0.3 is 20.9 Å². The van der Waals surface area contributed by atoms with Crippen molar-refractivity contribution >= 4 is 18.1 Å². The standard InChI is InChI=1S/C12H22N4O.C10H10F2.C9H11F2NO/c1-5-6-9(13)11(17)15-10-7-16(8-14-10)12(2,3)4;11-8-5-7-3-1-2-4-9(7)10(12)6-8;1-3-8(5-12-6-13)9(11)4-7(2)10/h7-9H,5-6,13H2,1-4H3,(H,15,17);5-6H,1-4H2;3-4,6H,1,5H2,2H3,(H,12,13)/b;;7-4+,9-8-. The van der Waals surface area contributed by atoms with Crippen LogP contribution in [0.1, 0.15) is 71.4 Å². The summed E-state index contributed by atoms with van der Waals surface area (Å²) in [5.41, 5.74) is 7.41. The van der Waals surface area contributed by atoms with E-state index in [1.54, 1.807) is 6.33 Å². The molecule has 2 aromatic rings. The van der Waals surface area contributed by atoms with Gasteiger partial charge in [-0.3, -0.25) is 9.59 Å². The van der Waals surface area contributed by atoms with Crippen molar-refractivity contribution in [2.24, 2.45) is 5.73 Å². The van der Waals surface area contributed by atoms with Crippen LogP contribution in [0.5, 0.6) is 0 Å². The molecule has 0 saturated carbocycles. The summed E-state index contributed by atoms with van der Waals surface area (Å²) in [5, 5.41) is 4.98. The monoisotopic (exact) mass is 593 g/mol. The van der Waals surface area contributed by atoms with Gasteiger partial charge in [0.25, 0.3) is 0 Å². The molecular weight excluding hydrogens is 550 g/mol. The number of amides is 2. The fourth-order valence-corrected chi connectivity index (χ4v) is 3.87. The molecule has 232 valence electrons. The zero-order chi connectivity index (χ0) is 31.9. The molecule has 2 amide bonds. The Morgan fingerprint density at radius 3 is 2.43 bits per heavy atom. The molecule has 42 heavy (non-hydrogen) atoms. The van der Waals surface area contributed by atoms with Crippen molar-refractivity contribution in [3.05, 3.63) is 83.4 Å². The first-order valence-electron chi connectivity index (χ1n) is 13.8. The van der Waals surface area contributed by atoms with Crippen LogP contribution in [-0.4, -0.2) is 34.5 Å². The molecule has 1 aliphatic rings. The third-order valence-corrected chi connectivity index (χ3v) is 6.18. The molecule has 1 aromatic carbocycles. The van der Waals surface area contributed by atoms with E-state index in [-0.39, 0.29) is 29.4 Å².